The molecule has 0 atom stereocenters. The number of hydrogen-bond acceptors (Lipinski definition) is 4. The highest BCUT2D eigenvalue weighted by Crippen LogP contribution is 2.36. The van der Waals surface area contributed by atoms with Crippen molar-refractivity contribution in [2.45, 2.75) is 25.7 Å². The second-order valence-electron chi connectivity index (χ2n) is 5.93. The highest BCUT2D eigenvalue weighted by Gasteiger charge is 2.20. The summed E-state index contributed by atoms with van der Waals surface area (Å²) in [5, 5.41) is 4.21. The van der Waals surface area contributed by atoms with E-state index in [1.165, 1.54) is 29.7 Å². The van der Waals surface area contributed by atoms with Gasteiger partial charge >= 0.3 is 0 Å². The smallest absolute Gasteiger partial charge is 0.267 e. The SMILES string of the molecule is Nc1c(C(=O)Nc2ccccc2Cl)sc2nc3c(cc12)CCCC3. The van der Waals surface area contributed by atoms with Gasteiger partial charge in [-0.2, -0.15) is 0 Å². The lowest BCUT2D eigenvalue weighted by Crippen LogP contribution is -2.12. The van der Waals surface area contributed by atoms with Crippen LogP contribution in [0.3, 0.4) is 0 Å². The third-order valence-corrected chi connectivity index (χ3v) is 5.77. The molecule has 3 N–H and O–H groups in total. The van der Waals surface area contributed by atoms with E-state index in [1.807, 2.05) is 12.1 Å². The quantitative estimate of drug-likeness (QED) is 0.700. The van der Waals surface area contributed by atoms with Crippen LogP contribution in [-0.2, 0) is 12.8 Å². The minimum Gasteiger partial charge on any atom is -0.397 e. The maximum atomic E-state index is 12.6. The van der Waals surface area contributed by atoms with Gasteiger partial charge in [-0.05, 0) is 49.4 Å². The topological polar surface area (TPSA) is 68.0 Å². The number of carbonyl (C=O) groups excluding carboxylic acids is 1. The van der Waals surface area contributed by atoms with Crippen molar-refractivity contribution in [1.82, 2.24) is 4.98 Å². The molecule has 2 aromatic heterocycles. The normalized spacial score (nSPS) is 13.7. The van der Waals surface area contributed by atoms with E-state index in [0.717, 1.165) is 28.8 Å². The van der Waals surface area contributed by atoms with Crippen LogP contribution in [0.2, 0.25) is 5.02 Å². The summed E-state index contributed by atoms with van der Waals surface area (Å²) in [6.07, 6.45) is 4.40. The van der Waals surface area contributed by atoms with E-state index in [4.69, 9.17) is 22.3 Å². The summed E-state index contributed by atoms with van der Waals surface area (Å²) >= 11 is 7.44. The number of rotatable bonds is 2. The Hall–Kier alpha value is -2.11. The monoisotopic (exact) mass is 357 g/mol. The third kappa shape index (κ3) is 2.64. The summed E-state index contributed by atoms with van der Waals surface area (Å²) < 4.78 is 0. The van der Waals surface area contributed by atoms with Crippen LogP contribution in [0, 0.1) is 0 Å². The predicted octanol–water partition coefficient (Wildman–Crippen LogP) is 4.66. The Morgan fingerprint density at radius 3 is 2.88 bits per heavy atom. The Bertz CT molecular complexity index is 951. The number of pyridine rings is 1. The summed E-state index contributed by atoms with van der Waals surface area (Å²) in [6, 6.07) is 9.25. The van der Waals surface area contributed by atoms with Gasteiger partial charge in [0.25, 0.3) is 5.91 Å². The van der Waals surface area contributed by atoms with Crippen molar-refractivity contribution in [2.75, 3.05) is 11.1 Å². The maximum absolute atomic E-state index is 12.6. The third-order valence-electron chi connectivity index (χ3n) is 4.33. The van der Waals surface area contributed by atoms with Crippen LogP contribution in [0.5, 0.6) is 0 Å². The number of para-hydroxylation sites is 1. The van der Waals surface area contributed by atoms with Gasteiger partial charge in [-0.15, -0.1) is 11.3 Å². The van der Waals surface area contributed by atoms with Crippen molar-refractivity contribution in [3.63, 3.8) is 0 Å². The number of fused-ring (bicyclic) bond motifs is 2. The molecule has 1 amide bonds. The number of nitrogens with two attached hydrogens (primary N) is 1. The second kappa shape index (κ2) is 6.07. The zero-order chi connectivity index (χ0) is 16.7. The predicted molar refractivity (Wildman–Crippen MR) is 100 cm³/mol. The van der Waals surface area contributed by atoms with Gasteiger partial charge in [0, 0.05) is 11.1 Å². The molecule has 1 aliphatic rings. The van der Waals surface area contributed by atoms with E-state index >= 15 is 0 Å². The fourth-order valence-electron chi connectivity index (χ4n) is 3.07. The summed E-state index contributed by atoms with van der Waals surface area (Å²) in [5.74, 6) is -0.249. The summed E-state index contributed by atoms with van der Waals surface area (Å²) in [4.78, 5) is 18.7. The Morgan fingerprint density at radius 2 is 2.04 bits per heavy atom. The summed E-state index contributed by atoms with van der Waals surface area (Å²) in [6.45, 7) is 0. The number of benzene rings is 1. The van der Waals surface area contributed by atoms with Crippen molar-refractivity contribution in [2.24, 2.45) is 0 Å². The van der Waals surface area contributed by atoms with E-state index in [-0.39, 0.29) is 5.91 Å². The standard InChI is InChI=1S/C18H16ClN3OS/c19-12-6-2-4-8-14(12)21-17(23)16-15(20)11-9-10-5-1-3-7-13(10)22-18(11)24-16/h2,4,6,8-9H,1,3,5,7,20H2,(H,21,23). The van der Waals surface area contributed by atoms with Gasteiger partial charge in [0.1, 0.15) is 9.71 Å². The Labute approximate surface area is 148 Å². The van der Waals surface area contributed by atoms with Crippen molar-refractivity contribution in [1.29, 1.82) is 0 Å². The molecule has 0 radical (unpaired) electrons. The minimum absolute atomic E-state index is 0.249. The molecule has 122 valence electrons. The zero-order valence-electron chi connectivity index (χ0n) is 12.9. The first kappa shape index (κ1) is 15.4. The average molecular weight is 358 g/mol. The van der Waals surface area contributed by atoms with Crippen LogP contribution in [0.25, 0.3) is 10.2 Å². The van der Waals surface area contributed by atoms with Gasteiger partial charge in [0.2, 0.25) is 0 Å². The molecule has 0 aliphatic heterocycles. The van der Waals surface area contributed by atoms with Crippen LogP contribution >= 0.6 is 22.9 Å². The second-order valence-corrected chi connectivity index (χ2v) is 7.34. The number of amides is 1. The largest absolute Gasteiger partial charge is 0.397 e. The first-order chi connectivity index (χ1) is 11.6. The lowest BCUT2D eigenvalue weighted by atomic mass is 9.95. The van der Waals surface area contributed by atoms with Crippen molar-refractivity contribution in [3.8, 4) is 0 Å². The van der Waals surface area contributed by atoms with Crippen molar-refractivity contribution >= 4 is 50.4 Å². The molecule has 4 nitrogen and oxygen atoms in total. The van der Waals surface area contributed by atoms with Crippen LogP contribution in [0.4, 0.5) is 11.4 Å². The lowest BCUT2D eigenvalue weighted by Gasteiger charge is -2.14. The van der Waals surface area contributed by atoms with E-state index in [0.29, 0.717) is 21.3 Å². The summed E-state index contributed by atoms with van der Waals surface area (Å²) in [5.41, 5.74) is 9.73. The molecule has 24 heavy (non-hydrogen) atoms. The molecule has 0 fully saturated rings. The highest BCUT2D eigenvalue weighted by atomic mass is 35.5. The molecule has 6 heteroatoms. The fourth-order valence-corrected chi connectivity index (χ4v) is 4.24. The fraction of sp³-hybridized carbons (Fsp3) is 0.222. The molecule has 0 saturated heterocycles. The molecule has 2 heterocycles. The minimum atomic E-state index is -0.249. The Morgan fingerprint density at radius 1 is 1.25 bits per heavy atom. The van der Waals surface area contributed by atoms with Gasteiger partial charge in [-0.3, -0.25) is 4.79 Å². The molecular formula is C18H16ClN3OS. The first-order valence-corrected chi connectivity index (χ1v) is 9.09. The van der Waals surface area contributed by atoms with Gasteiger partial charge in [0.05, 0.1) is 16.4 Å². The Balaban J connectivity index is 1.72. The average Bonchev–Trinajstić information content (AvgIpc) is 2.91. The van der Waals surface area contributed by atoms with Gasteiger partial charge < -0.3 is 11.1 Å². The maximum Gasteiger partial charge on any atom is 0.267 e. The number of nitrogen functional groups attached to an aromatic ring is 1. The van der Waals surface area contributed by atoms with Crippen LogP contribution in [0.1, 0.15) is 33.8 Å². The molecule has 0 spiro atoms. The van der Waals surface area contributed by atoms with Gasteiger partial charge in [-0.25, -0.2) is 4.98 Å². The van der Waals surface area contributed by atoms with Crippen molar-refractivity contribution in [3.05, 3.63) is 51.5 Å². The number of nitrogens with one attached hydrogen (secondary N) is 1. The highest BCUT2D eigenvalue weighted by molar-refractivity contribution is 7.21. The number of thiophene rings is 1. The summed E-state index contributed by atoms with van der Waals surface area (Å²) in [7, 11) is 0. The van der Waals surface area contributed by atoms with E-state index in [9.17, 15) is 4.79 Å². The molecule has 3 aromatic rings. The number of anilines is 2. The van der Waals surface area contributed by atoms with Gasteiger partial charge in [0.15, 0.2) is 0 Å². The lowest BCUT2D eigenvalue weighted by molar-refractivity contribution is 0.103. The molecule has 0 saturated carbocycles. The van der Waals surface area contributed by atoms with Crippen LogP contribution < -0.4 is 11.1 Å². The number of aryl methyl sites for hydroxylation is 2. The number of carbonyl (C=O) groups is 1. The molecule has 1 aromatic carbocycles. The van der Waals surface area contributed by atoms with Crippen LogP contribution in [0.15, 0.2) is 30.3 Å². The van der Waals surface area contributed by atoms with E-state index < -0.39 is 0 Å². The van der Waals surface area contributed by atoms with Crippen molar-refractivity contribution < 1.29 is 4.79 Å². The molecule has 0 bridgehead atoms. The zero-order valence-corrected chi connectivity index (χ0v) is 14.5. The first-order valence-electron chi connectivity index (χ1n) is 7.90. The van der Waals surface area contributed by atoms with E-state index in [2.05, 4.69) is 11.4 Å². The molecule has 4 rings (SSSR count). The number of hydrogen-bond donors (Lipinski definition) is 2. The number of aromatic nitrogens is 1. The molecular weight excluding hydrogens is 342 g/mol. The molecule has 0 unspecified atom stereocenters. The number of nitrogens with zero attached hydrogens (tertiary/aromatic N) is 1. The molecule has 1 aliphatic carbocycles. The Kier molecular flexibility index (Phi) is 3.90. The van der Waals surface area contributed by atoms with Crippen LogP contribution in [-0.4, -0.2) is 10.9 Å². The van der Waals surface area contributed by atoms with Gasteiger partial charge in [-0.1, -0.05) is 23.7 Å². The number of halogens is 1. The van der Waals surface area contributed by atoms with E-state index in [1.54, 1.807) is 12.1 Å².